The maximum atomic E-state index is 11.9. The first-order chi connectivity index (χ1) is 9.65. The summed E-state index contributed by atoms with van der Waals surface area (Å²) in [5, 5.41) is 14.6. The molecular weight excluding hydrogens is 258 g/mol. The number of aromatic nitrogens is 4. The van der Waals surface area contributed by atoms with E-state index in [1.54, 1.807) is 18.3 Å². The Kier molecular flexibility index (Phi) is 2.94. The summed E-state index contributed by atoms with van der Waals surface area (Å²) in [4.78, 5) is 11.9. The summed E-state index contributed by atoms with van der Waals surface area (Å²) < 4.78 is 6.51. The number of carbonyl (C=O) groups is 1. The molecule has 3 aromatic heterocycles. The van der Waals surface area contributed by atoms with Crippen LogP contribution in [0.4, 0.5) is 5.69 Å². The van der Waals surface area contributed by atoms with E-state index < -0.39 is 0 Å². The molecule has 0 bridgehead atoms. The Labute approximate surface area is 114 Å². The van der Waals surface area contributed by atoms with E-state index in [-0.39, 0.29) is 17.5 Å². The first-order valence-electron chi connectivity index (χ1n) is 6.21. The van der Waals surface area contributed by atoms with Gasteiger partial charge in [0, 0.05) is 18.2 Å². The average molecular weight is 271 g/mol. The Balaban J connectivity index is 1.92. The third kappa shape index (κ3) is 2.13. The van der Waals surface area contributed by atoms with Crippen LogP contribution in [-0.4, -0.2) is 25.7 Å². The number of anilines is 1. The van der Waals surface area contributed by atoms with Crippen molar-refractivity contribution in [3.63, 3.8) is 0 Å². The van der Waals surface area contributed by atoms with Gasteiger partial charge in [-0.15, -0.1) is 10.2 Å². The Morgan fingerprint density at radius 1 is 1.30 bits per heavy atom. The Hall–Kier alpha value is -2.70. The topological polar surface area (TPSA) is 85.3 Å². The highest BCUT2D eigenvalue weighted by Crippen LogP contribution is 2.17. The molecule has 0 atom stereocenters. The van der Waals surface area contributed by atoms with Crippen LogP contribution in [0.2, 0.25) is 0 Å². The molecule has 1 N–H and O–H groups in total. The lowest BCUT2D eigenvalue weighted by atomic mass is 10.2. The van der Waals surface area contributed by atoms with Crippen LogP contribution in [0.3, 0.4) is 0 Å². The van der Waals surface area contributed by atoms with E-state index in [1.807, 2.05) is 18.2 Å². The number of pyridine rings is 1. The number of nitrogens with zero attached hydrogens (tertiary/aromatic N) is 4. The van der Waals surface area contributed by atoms with Crippen molar-refractivity contribution in [2.75, 3.05) is 5.32 Å². The Morgan fingerprint density at radius 2 is 2.15 bits per heavy atom. The minimum absolute atomic E-state index is 0.234. The number of hydrogen-bond donors (Lipinski definition) is 1. The molecule has 3 aromatic rings. The molecule has 0 fully saturated rings. The smallest absolute Gasteiger partial charge is 0.277 e. The van der Waals surface area contributed by atoms with Crippen LogP contribution in [0.5, 0.6) is 0 Å². The maximum absolute atomic E-state index is 11.9. The second kappa shape index (κ2) is 4.76. The van der Waals surface area contributed by atoms with Crippen LogP contribution in [0.1, 0.15) is 36.1 Å². The minimum atomic E-state index is -0.322. The van der Waals surface area contributed by atoms with E-state index >= 15 is 0 Å². The highest BCUT2D eigenvalue weighted by Gasteiger charge is 2.12. The van der Waals surface area contributed by atoms with E-state index in [0.717, 1.165) is 11.5 Å². The van der Waals surface area contributed by atoms with Crippen molar-refractivity contribution >= 4 is 17.2 Å². The molecular formula is C13H13N5O2. The van der Waals surface area contributed by atoms with Crippen molar-refractivity contribution in [3.05, 3.63) is 42.2 Å². The first-order valence-corrected chi connectivity index (χ1v) is 6.21. The monoisotopic (exact) mass is 271 g/mol. The molecule has 7 heteroatoms. The zero-order valence-corrected chi connectivity index (χ0v) is 11.1. The zero-order chi connectivity index (χ0) is 14.1. The largest absolute Gasteiger partial charge is 0.364 e. The van der Waals surface area contributed by atoms with Crippen molar-refractivity contribution in [3.8, 4) is 0 Å². The van der Waals surface area contributed by atoms with E-state index in [9.17, 15) is 4.79 Å². The fourth-order valence-electron chi connectivity index (χ4n) is 1.90. The molecule has 0 saturated carbocycles. The summed E-state index contributed by atoms with van der Waals surface area (Å²) in [6.45, 7) is 4.08. The van der Waals surface area contributed by atoms with Crippen LogP contribution < -0.4 is 5.32 Å². The minimum Gasteiger partial charge on any atom is -0.364 e. The standard InChI is InChI=1S/C13H13N5O2/c1-8(2)12-16-15-11-4-3-9(7-18(11)12)14-13(19)10-5-6-20-17-10/h3-8H,1-2H3,(H,14,19). The molecule has 7 nitrogen and oxygen atoms in total. The van der Waals surface area contributed by atoms with Crippen LogP contribution >= 0.6 is 0 Å². The molecule has 0 aliphatic heterocycles. The van der Waals surface area contributed by atoms with Gasteiger partial charge < -0.3 is 9.84 Å². The van der Waals surface area contributed by atoms with Gasteiger partial charge in [0.05, 0.1) is 5.69 Å². The van der Waals surface area contributed by atoms with Gasteiger partial charge in [-0.25, -0.2) is 0 Å². The predicted molar refractivity (Wildman–Crippen MR) is 71.5 cm³/mol. The third-order valence-corrected chi connectivity index (χ3v) is 2.87. The third-order valence-electron chi connectivity index (χ3n) is 2.87. The molecule has 0 aromatic carbocycles. The lowest BCUT2D eigenvalue weighted by Gasteiger charge is -2.06. The summed E-state index contributed by atoms with van der Waals surface area (Å²) in [5.41, 5.74) is 1.62. The number of amides is 1. The number of nitrogens with one attached hydrogen (secondary N) is 1. The lowest BCUT2D eigenvalue weighted by molar-refractivity contribution is 0.101. The fraction of sp³-hybridized carbons (Fsp3) is 0.231. The quantitative estimate of drug-likeness (QED) is 0.788. The van der Waals surface area contributed by atoms with Crippen molar-refractivity contribution in [2.24, 2.45) is 0 Å². The van der Waals surface area contributed by atoms with Gasteiger partial charge in [-0.05, 0) is 12.1 Å². The van der Waals surface area contributed by atoms with Crippen LogP contribution in [0.25, 0.3) is 5.65 Å². The van der Waals surface area contributed by atoms with Crippen molar-refractivity contribution in [1.82, 2.24) is 19.8 Å². The molecule has 3 rings (SSSR count). The molecule has 102 valence electrons. The van der Waals surface area contributed by atoms with E-state index in [2.05, 4.69) is 25.2 Å². The normalized spacial score (nSPS) is 11.2. The van der Waals surface area contributed by atoms with Gasteiger partial charge in [-0.3, -0.25) is 9.20 Å². The van der Waals surface area contributed by atoms with E-state index in [0.29, 0.717) is 5.69 Å². The van der Waals surface area contributed by atoms with Gasteiger partial charge in [0.25, 0.3) is 5.91 Å². The molecule has 0 aliphatic carbocycles. The van der Waals surface area contributed by atoms with Crippen molar-refractivity contribution < 1.29 is 9.32 Å². The molecule has 0 saturated heterocycles. The van der Waals surface area contributed by atoms with Crippen LogP contribution in [0.15, 0.2) is 35.2 Å². The fourth-order valence-corrected chi connectivity index (χ4v) is 1.90. The second-order valence-electron chi connectivity index (χ2n) is 4.70. The summed E-state index contributed by atoms with van der Waals surface area (Å²) in [6.07, 6.45) is 3.15. The van der Waals surface area contributed by atoms with Crippen LogP contribution in [-0.2, 0) is 0 Å². The SMILES string of the molecule is CC(C)c1nnc2ccc(NC(=O)c3ccon3)cn12. The summed E-state index contributed by atoms with van der Waals surface area (Å²) in [5.74, 6) is 0.765. The number of hydrogen-bond acceptors (Lipinski definition) is 5. The highest BCUT2D eigenvalue weighted by molar-refractivity contribution is 6.02. The molecule has 0 aliphatic rings. The first kappa shape index (κ1) is 12.3. The van der Waals surface area contributed by atoms with Crippen LogP contribution in [0, 0.1) is 0 Å². The highest BCUT2D eigenvalue weighted by atomic mass is 16.5. The zero-order valence-electron chi connectivity index (χ0n) is 11.1. The Bertz CT molecular complexity index is 745. The lowest BCUT2D eigenvalue weighted by Crippen LogP contribution is -2.12. The molecule has 3 heterocycles. The van der Waals surface area contributed by atoms with E-state index in [4.69, 9.17) is 0 Å². The predicted octanol–water partition coefficient (Wildman–Crippen LogP) is 2.09. The molecule has 0 spiro atoms. The molecule has 1 amide bonds. The van der Waals surface area contributed by atoms with Gasteiger partial charge in [0.1, 0.15) is 12.1 Å². The van der Waals surface area contributed by atoms with Gasteiger partial charge >= 0.3 is 0 Å². The van der Waals surface area contributed by atoms with Gasteiger partial charge in [0.2, 0.25) is 0 Å². The number of carbonyl (C=O) groups excluding carboxylic acids is 1. The summed E-state index contributed by atoms with van der Waals surface area (Å²) >= 11 is 0. The van der Waals surface area contributed by atoms with Crippen molar-refractivity contribution in [2.45, 2.75) is 19.8 Å². The number of rotatable bonds is 3. The maximum Gasteiger partial charge on any atom is 0.277 e. The van der Waals surface area contributed by atoms with Crippen molar-refractivity contribution in [1.29, 1.82) is 0 Å². The van der Waals surface area contributed by atoms with Gasteiger partial charge in [0.15, 0.2) is 11.3 Å². The Morgan fingerprint density at radius 3 is 2.85 bits per heavy atom. The second-order valence-corrected chi connectivity index (χ2v) is 4.70. The molecule has 20 heavy (non-hydrogen) atoms. The van der Waals surface area contributed by atoms with Gasteiger partial charge in [-0.1, -0.05) is 19.0 Å². The summed E-state index contributed by atoms with van der Waals surface area (Å²) in [6, 6.07) is 5.08. The van der Waals surface area contributed by atoms with Gasteiger partial charge in [-0.2, -0.15) is 0 Å². The number of fused-ring (bicyclic) bond motifs is 1. The van der Waals surface area contributed by atoms with E-state index in [1.165, 1.54) is 12.3 Å². The molecule has 0 radical (unpaired) electrons. The molecule has 0 unspecified atom stereocenters. The summed E-state index contributed by atoms with van der Waals surface area (Å²) in [7, 11) is 0. The average Bonchev–Trinajstić information content (AvgIpc) is 3.07.